The quantitative estimate of drug-likeness (QED) is 0.617. The lowest BCUT2D eigenvalue weighted by Crippen LogP contribution is -2.23. The lowest BCUT2D eigenvalue weighted by Gasteiger charge is -2.12. The molecule has 0 unspecified atom stereocenters. The summed E-state index contributed by atoms with van der Waals surface area (Å²) in [4.78, 5) is 12.4. The van der Waals surface area contributed by atoms with Crippen molar-refractivity contribution in [3.05, 3.63) is 64.7 Å². The highest BCUT2D eigenvalue weighted by Crippen LogP contribution is 2.32. The number of fused-ring (bicyclic) bond motifs is 1. The van der Waals surface area contributed by atoms with Gasteiger partial charge in [0, 0.05) is 12.0 Å². The molecule has 118 valence electrons. The van der Waals surface area contributed by atoms with E-state index in [0.29, 0.717) is 6.71 Å². The summed E-state index contributed by atoms with van der Waals surface area (Å²) in [5.74, 6) is -0.497. The van der Waals surface area contributed by atoms with E-state index in [4.69, 9.17) is 0 Å². The predicted octanol–water partition coefficient (Wildman–Crippen LogP) is 4.02. The van der Waals surface area contributed by atoms with Crippen LogP contribution in [-0.4, -0.2) is 12.5 Å². The molecule has 2 aromatic carbocycles. The van der Waals surface area contributed by atoms with Crippen LogP contribution in [0.4, 0.5) is 13.2 Å². The van der Waals surface area contributed by atoms with E-state index in [1.165, 1.54) is 29.2 Å². The molecule has 23 heavy (non-hydrogen) atoms. The first-order chi connectivity index (χ1) is 10.9. The minimum Gasteiger partial charge on any atom is -0.294 e. The van der Waals surface area contributed by atoms with Crippen LogP contribution in [0, 0.1) is 0 Å². The minimum absolute atomic E-state index is 0.00685. The normalized spacial score (nSPS) is 14.0. The van der Waals surface area contributed by atoms with Crippen LogP contribution in [0.15, 0.2) is 42.5 Å². The Bertz CT molecular complexity index is 752. The summed E-state index contributed by atoms with van der Waals surface area (Å²) in [6.07, 6.45) is -2.41. The SMILES string of the molecule is CB1CCc2ccc(CC(=O)c3ccccc3C(F)(F)F)cc21. The van der Waals surface area contributed by atoms with Crippen LogP contribution in [0.3, 0.4) is 0 Å². The van der Waals surface area contributed by atoms with Gasteiger partial charge in [0.2, 0.25) is 0 Å². The second kappa shape index (κ2) is 5.87. The number of Topliss-reactive ketones (excluding diaryl/α,β-unsaturated/α-hetero) is 1. The van der Waals surface area contributed by atoms with Crippen LogP contribution >= 0.6 is 0 Å². The molecule has 0 aromatic heterocycles. The van der Waals surface area contributed by atoms with Crippen molar-refractivity contribution in [2.75, 3.05) is 0 Å². The van der Waals surface area contributed by atoms with Gasteiger partial charge in [0.15, 0.2) is 12.5 Å². The number of benzene rings is 2. The molecule has 1 aliphatic heterocycles. The van der Waals surface area contributed by atoms with Crippen LogP contribution < -0.4 is 5.46 Å². The lowest BCUT2D eigenvalue weighted by molar-refractivity contribution is -0.137. The third-order valence-corrected chi connectivity index (χ3v) is 4.49. The van der Waals surface area contributed by atoms with Crippen LogP contribution in [0.1, 0.15) is 27.0 Å². The molecule has 0 fully saturated rings. The van der Waals surface area contributed by atoms with Crippen molar-refractivity contribution in [2.24, 2.45) is 0 Å². The van der Waals surface area contributed by atoms with E-state index in [2.05, 4.69) is 6.82 Å². The molecule has 0 N–H and O–H groups in total. The van der Waals surface area contributed by atoms with Crippen molar-refractivity contribution < 1.29 is 18.0 Å². The fraction of sp³-hybridized carbons (Fsp3) is 0.278. The number of ketones is 1. The molecule has 1 heterocycles. The number of aryl methyl sites for hydroxylation is 1. The summed E-state index contributed by atoms with van der Waals surface area (Å²) in [6.45, 7) is 2.58. The Kier molecular flexibility index (Phi) is 4.05. The van der Waals surface area contributed by atoms with Crippen molar-refractivity contribution in [1.82, 2.24) is 0 Å². The molecule has 3 rings (SSSR count). The predicted molar refractivity (Wildman–Crippen MR) is 85.7 cm³/mol. The van der Waals surface area contributed by atoms with Crippen LogP contribution in [-0.2, 0) is 19.0 Å². The molecular formula is C18H16BF3O. The summed E-state index contributed by atoms with van der Waals surface area (Å²) in [5.41, 5.74) is 2.16. The van der Waals surface area contributed by atoms with E-state index < -0.39 is 17.5 Å². The second-order valence-corrected chi connectivity index (χ2v) is 6.12. The third kappa shape index (κ3) is 3.19. The van der Waals surface area contributed by atoms with E-state index in [1.54, 1.807) is 0 Å². The molecule has 5 heteroatoms. The van der Waals surface area contributed by atoms with Crippen molar-refractivity contribution in [3.63, 3.8) is 0 Å². The number of carbonyl (C=O) groups excluding carboxylic acids is 1. The zero-order valence-corrected chi connectivity index (χ0v) is 12.8. The fourth-order valence-corrected chi connectivity index (χ4v) is 3.22. The van der Waals surface area contributed by atoms with E-state index in [0.717, 1.165) is 24.4 Å². The molecule has 1 aliphatic rings. The van der Waals surface area contributed by atoms with E-state index in [1.807, 2.05) is 18.2 Å². The Morgan fingerprint density at radius 3 is 2.65 bits per heavy atom. The van der Waals surface area contributed by atoms with Gasteiger partial charge >= 0.3 is 6.18 Å². The van der Waals surface area contributed by atoms with E-state index in [9.17, 15) is 18.0 Å². The average molecular weight is 316 g/mol. The van der Waals surface area contributed by atoms with Crippen LogP contribution in [0.2, 0.25) is 13.1 Å². The monoisotopic (exact) mass is 316 g/mol. The number of alkyl halides is 3. The molecule has 0 radical (unpaired) electrons. The largest absolute Gasteiger partial charge is 0.417 e. The minimum atomic E-state index is -4.52. The lowest BCUT2D eigenvalue weighted by atomic mass is 9.48. The first-order valence-electron chi connectivity index (χ1n) is 7.67. The maximum Gasteiger partial charge on any atom is 0.417 e. The molecule has 0 saturated heterocycles. The van der Waals surface area contributed by atoms with Gasteiger partial charge in [0.05, 0.1) is 5.56 Å². The van der Waals surface area contributed by atoms with Crippen molar-refractivity contribution in [2.45, 2.75) is 32.2 Å². The Labute approximate surface area is 133 Å². The molecule has 1 nitrogen and oxygen atoms in total. The van der Waals surface area contributed by atoms with Gasteiger partial charge in [-0.15, -0.1) is 0 Å². The fourth-order valence-electron chi connectivity index (χ4n) is 3.22. The van der Waals surface area contributed by atoms with Gasteiger partial charge in [0.25, 0.3) is 0 Å². The number of rotatable bonds is 3. The van der Waals surface area contributed by atoms with Crippen LogP contribution in [0.5, 0.6) is 0 Å². The highest BCUT2D eigenvalue weighted by molar-refractivity contribution is 6.73. The van der Waals surface area contributed by atoms with Gasteiger partial charge in [-0.25, -0.2) is 0 Å². The highest BCUT2D eigenvalue weighted by Gasteiger charge is 2.34. The maximum absolute atomic E-state index is 13.0. The zero-order chi connectivity index (χ0) is 16.6. The second-order valence-electron chi connectivity index (χ2n) is 6.12. The Morgan fingerprint density at radius 2 is 1.91 bits per heavy atom. The Balaban J connectivity index is 1.88. The first kappa shape index (κ1) is 15.8. The highest BCUT2D eigenvalue weighted by atomic mass is 19.4. The van der Waals surface area contributed by atoms with Crippen molar-refractivity contribution in [1.29, 1.82) is 0 Å². The Morgan fingerprint density at radius 1 is 1.17 bits per heavy atom. The van der Waals surface area contributed by atoms with Crippen molar-refractivity contribution >= 4 is 18.0 Å². The first-order valence-corrected chi connectivity index (χ1v) is 7.67. The van der Waals surface area contributed by atoms with Gasteiger partial charge in [-0.2, -0.15) is 13.2 Å². The summed E-state index contributed by atoms with van der Waals surface area (Å²) < 4.78 is 39.1. The number of halogens is 3. The smallest absolute Gasteiger partial charge is 0.294 e. The number of carbonyl (C=O) groups is 1. The molecular weight excluding hydrogens is 300 g/mol. The van der Waals surface area contributed by atoms with E-state index >= 15 is 0 Å². The van der Waals surface area contributed by atoms with Gasteiger partial charge in [0.1, 0.15) is 0 Å². The zero-order valence-electron chi connectivity index (χ0n) is 12.8. The molecule has 2 aromatic rings. The number of hydrogen-bond acceptors (Lipinski definition) is 1. The van der Waals surface area contributed by atoms with Gasteiger partial charge in [-0.3, -0.25) is 4.79 Å². The molecule has 0 atom stereocenters. The number of hydrogen-bond donors (Lipinski definition) is 0. The summed E-state index contributed by atoms with van der Waals surface area (Å²) in [7, 11) is 0. The average Bonchev–Trinajstić information content (AvgIpc) is 2.87. The van der Waals surface area contributed by atoms with Crippen molar-refractivity contribution in [3.8, 4) is 0 Å². The van der Waals surface area contributed by atoms with Gasteiger partial charge in [-0.1, -0.05) is 60.6 Å². The summed E-state index contributed by atoms with van der Waals surface area (Å²) >= 11 is 0. The summed E-state index contributed by atoms with van der Waals surface area (Å²) in [5, 5.41) is 0. The molecule has 0 amide bonds. The van der Waals surface area contributed by atoms with Gasteiger partial charge < -0.3 is 0 Å². The molecule has 0 spiro atoms. The topological polar surface area (TPSA) is 17.1 Å². The third-order valence-electron chi connectivity index (χ3n) is 4.49. The summed E-state index contributed by atoms with van der Waals surface area (Å²) in [6, 6.07) is 10.8. The molecule has 0 saturated carbocycles. The Hall–Kier alpha value is -2.04. The van der Waals surface area contributed by atoms with Gasteiger partial charge in [-0.05, 0) is 18.1 Å². The van der Waals surface area contributed by atoms with Crippen LogP contribution in [0.25, 0.3) is 0 Å². The molecule has 0 bridgehead atoms. The molecule has 0 aliphatic carbocycles. The van der Waals surface area contributed by atoms with E-state index in [-0.39, 0.29) is 12.0 Å². The maximum atomic E-state index is 13.0. The standard InChI is InChI=1S/C18H16BF3O/c1-19-9-8-13-7-6-12(10-16(13)19)11-17(23)14-4-2-3-5-15(14)18(20,21)22/h2-7,10H,8-9,11H2,1H3.